The van der Waals surface area contributed by atoms with Crippen LogP contribution in [-0.4, -0.2) is 6.54 Å². The zero-order valence-corrected chi connectivity index (χ0v) is 11.7. The summed E-state index contributed by atoms with van der Waals surface area (Å²) in [6.45, 7) is 5.59. The average Bonchev–Trinajstić information content (AvgIpc) is 2.79. The molecule has 1 aromatic heterocycles. The highest BCUT2D eigenvalue weighted by Crippen LogP contribution is 2.62. The molecule has 0 aliphatic heterocycles. The normalized spacial score (nSPS) is 32.5. The molecule has 2 aliphatic rings. The average molecular weight is 249 g/mol. The predicted octanol–water partition coefficient (Wildman–Crippen LogP) is 4.01. The Balaban J connectivity index is 1.75. The van der Waals surface area contributed by atoms with Gasteiger partial charge in [0.15, 0.2) is 0 Å². The van der Waals surface area contributed by atoms with Crippen LogP contribution in [0.4, 0.5) is 0 Å². The predicted molar refractivity (Wildman–Crippen MR) is 74.4 cm³/mol. The van der Waals surface area contributed by atoms with Gasteiger partial charge in [-0.05, 0) is 55.7 Å². The van der Waals surface area contributed by atoms with Crippen LogP contribution in [0.2, 0.25) is 0 Å². The molecule has 2 aliphatic carbocycles. The highest BCUT2D eigenvalue weighted by atomic mass is 32.1. The fraction of sp³-hybridized carbons (Fsp3) is 0.733. The summed E-state index contributed by atoms with van der Waals surface area (Å²) in [5.41, 5.74) is 0. The number of aryl methyl sites for hydroxylation is 1. The lowest BCUT2D eigenvalue weighted by Crippen LogP contribution is -2.23. The maximum atomic E-state index is 3.74. The van der Waals surface area contributed by atoms with Crippen LogP contribution >= 0.6 is 11.3 Å². The molecule has 3 rings (SSSR count). The summed E-state index contributed by atoms with van der Waals surface area (Å²) < 4.78 is 0. The molecule has 0 saturated heterocycles. The minimum absolute atomic E-state index is 0.653. The number of nitrogens with one attached hydrogen (secondary N) is 1. The Labute approximate surface area is 109 Å². The minimum atomic E-state index is 0.653. The van der Waals surface area contributed by atoms with Crippen LogP contribution in [0.1, 0.15) is 48.9 Å². The molecule has 3 unspecified atom stereocenters. The van der Waals surface area contributed by atoms with Crippen molar-refractivity contribution in [2.24, 2.45) is 17.8 Å². The molecule has 17 heavy (non-hydrogen) atoms. The fourth-order valence-electron chi connectivity index (χ4n) is 3.77. The number of fused-ring (bicyclic) bond motifs is 1. The Morgan fingerprint density at radius 2 is 2.06 bits per heavy atom. The molecule has 1 nitrogen and oxygen atoms in total. The lowest BCUT2D eigenvalue weighted by Gasteiger charge is -2.18. The third-order valence-electron chi connectivity index (χ3n) is 4.62. The van der Waals surface area contributed by atoms with E-state index in [1.807, 2.05) is 11.3 Å². The van der Waals surface area contributed by atoms with Gasteiger partial charge in [0.1, 0.15) is 0 Å². The highest BCUT2D eigenvalue weighted by molar-refractivity contribution is 7.12. The van der Waals surface area contributed by atoms with Crippen molar-refractivity contribution in [3.63, 3.8) is 0 Å². The molecule has 0 spiro atoms. The summed E-state index contributed by atoms with van der Waals surface area (Å²) in [6.07, 6.45) is 5.64. The Morgan fingerprint density at radius 1 is 1.29 bits per heavy atom. The fourth-order valence-corrected chi connectivity index (χ4v) is 4.86. The van der Waals surface area contributed by atoms with Gasteiger partial charge in [-0.1, -0.05) is 20.3 Å². The monoisotopic (exact) mass is 249 g/mol. The first-order valence-electron chi connectivity index (χ1n) is 7.17. The van der Waals surface area contributed by atoms with E-state index in [0.717, 1.165) is 24.3 Å². The zero-order chi connectivity index (χ0) is 11.8. The maximum absolute atomic E-state index is 3.74. The van der Waals surface area contributed by atoms with E-state index < -0.39 is 0 Å². The van der Waals surface area contributed by atoms with Gasteiger partial charge in [-0.2, -0.15) is 0 Å². The van der Waals surface area contributed by atoms with E-state index in [0.29, 0.717) is 6.04 Å². The lowest BCUT2D eigenvalue weighted by atomic mass is 10.0. The SMILES string of the molecule is CCNC(c1ccc(CC)s1)C1C2CCCC21. The molecule has 94 valence electrons. The molecule has 0 bridgehead atoms. The number of hydrogen-bond donors (Lipinski definition) is 1. The summed E-state index contributed by atoms with van der Waals surface area (Å²) in [4.78, 5) is 3.12. The van der Waals surface area contributed by atoms with Crippen molar-refractivity contribution < 1.29 is 0 Å². The molecule has 2 heteroatoms. The summed E-state index contributed by atoms with van der Waals surface area (Å²) in [7, 11) is 0. The van der Waals surface area contributed by atoms with Crippen molar-refractivity contribution in [2.45, 2.75) is 45.6 Å². The largest absolute Gasteiger partial charge is 0.309 e. The third-order valence-corrected chi connectivity index (χ3v) is 5.93. The van der Waals surface area contributed by atoms with Crippen LogP contribution in [0.5, 0.6) is 0 Å². The van der Waals surface area contributed by atoms with Gasteiger partial charge in [-0.3, -0.25) is 0 Å². The molecule has 0 amide bonds. The van der Waals surface area contributed by atoms with Gasteiger partial charge < -0.3 is 5.32 Å². The Morgan fingerprint density at radius 3 is 2.65 bits per heavy atom. The minimum Gasteiger partial charge on any atom is -0.309 e. The second-order valence-corrected chi connectivity index (χ2v) is 6.73. The Bertz CT molecular complexity index is 374. The van der Waals surface area contributed by atoms with E-state index in [1.165, 1.54) is 30.6 Å². The molecule has 0 aromatic carbocycles. The highest BCUT2D eigenvalue weighted by Gasteiger charge is 2.56. The molecular formula is C15H23NS. The number of thiophene rings is 1. The van der Waals surface area contributed by atoms with Crippen molar-refractivity contribution in [3.05, 3.63) is 21.9 Å². The topological polar surface area (TPSA) is 12.0 Å². The van der Waals surface area contributed by atoms with Crippen LogP contribution in [0.3, 0.4) is 0 Å². The number of hydrogen-bond acceptors (Lipinski definition) is 2. The summed E-state index contributed by atoms with van der Waals surface area (Å²) >= 11 is 2.03. The van der Waals surface area contributed by atoms with Crippen molar-refractivity contribution in [1.82, 2.24) is 5.32 Å². The Hall–Kier alpha value is -0.340. The van der Waals surface area contributed by atoms with Gasteiger partial charge in [0.25, 0.3) is 0 Å². The lowest BCUT2D eigenvalue weighted by molar-refractivity contribution is 0.431. The molecule has 1 aromatic rings. The quantitative estimate of drug-likeness (QED) is 0.831. The third kappa shape index (κ3) is 2.06. The second kappa shape index (κ2) is 4.74. The standard InChI is InChI=1S/C15H23NS/c1-3-10-8-9-13(17-10)15(16-4-2)14-11-6-5-7-12(11)14/h8-9,11-12,14-16H,3-7H2,1-2H3. The second-order valence-electron chi connectivity index (χ2n) is 5.53. The van der Waals surface area contributed by atoms with Crippen LogP contribution < -0.4 is 5.32 Å². The molecular weight excluding hydrogens is 226 g/mol. The van der Waals surface area contributed by atoms with Crippen molar-refractivity contribution in [3.8, 4) is 0 Å². The van der Waals surface area contributed by atoms with E-state index >= 15 is 0 Å². The van der Waals surface area contributed by atoms with Gasteiger partial charge >= 0.3 is 0 Å². The van der Waals surface area contributed by atoms with E-state index in [4.69, 9.17) is 0 Å². The van der Waals surface area contributed by atoms with Crippen LogP contribution in [-0.2, 0) is 6.42 Å². The van der Waals surface area contributed by atoms with Crippen LogP contribution in [0, 0.1) is 17.8 Å². The van der Waals surface area contributed by atoms with Gasteiger partial charge in [-0.15, -0.1) is 11.3 Å². The molecule has 1 heterocycles. The van der Waals surface area contributed by atoms with Gasteiger partial charge in [0, 0.05) is 15.8 Å². The number of rotatable bonds is 5. The first-order valence-corrected chi connectivity index (χ1v) is 7.98. The van der Waals surface area contributed by atoms with E-state index in [-0.39, 0.29) is 0 Å². The van der Waals surface area contributed by atoms with Crippen molar-refractivity contribution in [2.75, 3.05) is 6.54 Å². The Kier molecular flexibility index (Phi) is 3.27. The van der Waals surface area contributed by atoms with Gasteiger partial charge in [-0.25, -0.2) is 0 Å². The van der Waals surface area contributed by atoms with Gasteiger partial charge in [0.05, 0.1) is 0 Å². The van der Waals surface area contributed by atoms with E-state index in [1.54, 1.807) is 4.88 Å². The summed E-state index contributed by atoms with van der Waals surface area (Å²) in [6, 6.07) is 5.34. The molecule has 0 radical (unpaired) electrons. The zero-order valence-electron chi connectivity index (χ0n) is 10.9. The van der Waals surface area contributed by atoms with Crippen molar-refractivity contribution in [1.29, 1.82) is 0 Å². The van der Waals surface area contributed by atoms with Crippen LogP contribution in [0.25, 0.3) is 0 Å². The van der Waals surface area contributed by atoms with Gasteiger partial charge in [0.2, 0.25) is 0 Å². The molecule has 2 fully saturated rings. The molecule has 3 atom stereocenters. The first kappa shape index (κ1) is 11.7. The summed E-state index contributed by atoms with van der Waals surface area (Å²) in [5.74, 6) is 3.05. The smallest absolute Gasteiger partial charge is 0.0448 e. The summed E-state index contributed by atoms with van der Waals surface area (Å²) in [5, 5.41) is 3.74. The molecule has 1 N–H and O–H groups in total. The van der Waals surface area contributed by atoms with E-state index in [9.17, 15) is 0 Å². The van der Waals surface area contributed by atoms with E-state index in [2.05, 4.69) is 31.3 Å². The maximum Gasteiger partial charge on any atom is 0.0448 e. The van der Waals surface area contributed by atoms with Crippen LogP contribution in [0.15, 0.2) is 12.1 Å². The first-order chi connectivity index (χ1) is 8.35. The van der Waals surface area contributed by atoms with Crippen molar-refractivity contribution >= 4 is 11.3 Å². The molecule has 2 saturated carbocycles.